The van der Waals surface area contributed by atoms with Crippen molar-refractivity contribution in [2.45, 2.75) is 45.4 Å². The number of allylic oxidation sites excluding steroid dienone is 8. The topological polar surface area (TPSA) is 20.2 Å². The maximum atomic E-state index is 8.92. The second-order valence-electron chi connectivity index (χ2n) is 5.36. The lowest BCUT2D eigenvalue weighted by molar-refractivity contribution is 0.471. The van der Waals surface area contributed by atoms with E-state index in [1.165, 1.54) is 38.5 Å². The molecule has 0 radical (unpaired) electrons. The maximum absolute atomic E-state index is 8.92. The molecule has 0 aliphatic heterocycles. The summed E-state index contributed by atoms with van der Waals surface area (Å²) < 4.78 is 0. The summed E-state index contributed by atoms with van der Waals surface area (Å²) in [6.45, 7) is 1.87. The van der Waals surface area contributed by atoms with Gasteiger partial charge in [0, 0.05) is 0 Å². The predicted molar refractivity (Wildman–Crippen MR) is 97.1 cm³/mol. The Labute approximate surface area is 135 Å². The maximum Gasteiger partial charge on any atom is 0.118 e. The Hall–Kier alpha value is -2.02. The molecule has 0 fully saturated rings. The van der Waals surface area contributed by atoms with Crippen LogP contribution in [0.5, 0.6) is 5.75 Å². The highest BCUT2D eigenvalue weighted by molar-refractivity contribution is 5.29. The monoisotopic (exact) mass is 296 g/mol. The molecule has 0 unspecified atom stereocenters. The normalized spacial score (nSPS) is 15.7. The lowest BCUT2D eigenvalue weighted by atomic mass is 10.2. The molecule has 1 N–H and O–H groups in total. The fourth-order valence-electron chi connectivity index (χ4n) is 1.97. The van der Waals surface area contributed by atoms with Gasteiger partial charge in [-0.2, -0.15) is 0 Å². The molecule has 0 aromatic heterocycles. The third kappa shape index (κ3) is 9.82. The first-order valence-electron chi connectivity index (χ1n) is 8.18. The molecule has 0 atom stereocenters. The molecule has 0 spiro atoms. The zero-order valence-electron chi connectivity index (χ0n) is 13.6. The standard InChI is InChI=1S/C7H8O.2C7H10/c1-6-4-2-3-5-7(6)8;2*1-2-4-6-7-5-3-1/h2-5,8H,1H3;2*1-4H,5-7H2. The van der Waals surface area contributed by atoms with E-state index in [0.29, 0.717) is 5.75 Å². The molecule has 1 aromatic carbocycles. The van der Waals surface area contributed by atoms with Crippen molar-refractivity contribution >= 4 is 0 Å². The van der Waals surface area contributed by atoms with E-state index in [-0.39, 0.29) is 0 Å². The summed E-state index contributed by atoms with van der Waals surface area (Å²) in [4.78, 5) is 0. The summed E-state index contributed by atoms with van der Waals surface area (Å²) in [6.07, 6.45) is 25.0. The molecule has 1 nitrogen and oxygen atoms in total. The highest BCUT2D eigenvalue weighted by atomic mass is 16.3. The minimum Gasteiger partial charge on any atom is -0.508 e. The smallest absolute Gasteiger partial charge is 0.118 e. The largest absolute Gasteiger partial charge is 0.508 e. The van der Waals surface area contributed by atoms with E-state index in [0.717, 1.165) is 5.56 Å². The number of aryl methyl sites for hydroxylation is 1. The molecule has 0 saturated carbocycles. The number of hydrogen-bond donors (Lipinski definition) is 1. The van der Waals surface area contributed by atoms with Crippen LogP contribution in [0.4, 0.5) is 0 Å². The van der Waals surface area contributed by atoms with Crippen LogP contribution in [0.15, 0.2) is 72.9 Å². The van der Waals surface area contributed by atoms with Crippen LogP contribution in [0.3, 0.4) is 0 Å². The average molecular weight is 296 g/mol. The summed E-state index contributed by atoms with van der Waals surface area (Å²) in [5, 5.41) is 8.92. The molecule has 118 valence electrons. The van der Waals surface area contributed by atoms with Crippen LogP contribution in [0.2, 0.25) is 0 Å². The zero-order valence-corrected chi connectivity index (χ0v) is 13.6. The Morgan fingerprint density at radius 3 is 1.41 bits per heavy atom. The van der Waals surface area contributed by atoms with E-state index >= 15 is 0 Å². The number of phenolic OH excluding ortho intramolecular Hbond substituents is 1. The van der Waals surface area contributed by atoms with Crippen molar-refractivity contribution in [3.8, 4) is 5.75 Å². The second kappa shape index (κ2) is 12.7. The fraction of sp³-hybridized carbons (Fsp3) is 0.333. The predicted octanol–water partition coefficient (Wildman–Crippen LogP) is 6.27. The van der Waals surface area contributed by atoms with Gasteiger partial charge in [-0.3, -0.25) is 0 Å². The van der Waals surface area contributed by atoms with Gasteiger partial charge in [-0.05, 0) is 57.1 Å². The Kier molecular flexibility index (Phi) is 10.4. The summed E-state index contributed by atoms with van der Waals surface area (Å²) in [5.74, 6) is 0.368. The van der Waals surface area contributed by atoms with E-state index in [4.69, 9.17) is 5.11 Å². The fourth-order valence-corrected chi connectivity index (χ4v) is 1.97. The van der Waals surface area contributed by atoms with E-state index in [1.54, 1.807) is 6.07 Å². The minimum atomic E-state index is 0.368. The second-order valence-corrected chi connectivity index (χ2v) is 5.36. The first-order chi connectivity index (χ1) is 10.8. The minimum absolute atomic E-state index is 0.368. The number of benzene rings is 1. The first kappa shape index (κ1) is 18.0. The molecular formula is C21H28O. The molecule has 0 bridgehead atoms. The molecule has 1 aromatic rings. The Morgan fingerprint density at radius 2 is 1.09 bits per heavy atom. The van der Waals surface area contributed by atoms with Gasteiger partial charge in [-0.15, -0.1) is 0 Å². The summed E-state index contributed by atoms with van der Waals surface area (Å²) in [6, 6.07) is 7.25. The van der Waals surface area contributed by atoms with Gasteiger partial charge in [0.15, 0.2) is 0 Å². The van der Waals surface area contributed by atoms with E-state index in [9.17, 15) is 0 Å². The van der Waals surface area contributed by atoms with Crippen molar-refractivity contribution in [3.63, 3.8) is 0 Å². The van der Waals surface area contributed by atoms with Crippen molar-refractivity contribution in [1.82, 2.24) is 0 Å². The SMILES string of the molecule is C1=CCCCC=C1.C1=CCCCC=C1.Cc1ccccc1O. The molecule has 22 heavy (non-hydrogen) atoms. The van der Waals surface area contributed by atoms with Gasteiger partial charge < -0.3 is 5.11 Å². The molecule has 2 aliphatic carbocycles. The van der Waals surface area contributed by atoms with Crippen LogP contribution >= 0.6 is 0 Å². The highest BCUT2D eigenvalue weighted by Crippen LogP contribution is 2.12. The zero-order chi connectivity index (χ0) is 15.9. The Balaban J connectivity index is 0.000000166. The van der Waals surface area contributed by atoms with Gasteiger partial charge >= 0.3 is 0 Å². The lowest BCUT2D eigenvalue weighted by Crippen LogP contribution is -1.68. The van der Waals surface area contributed by atoms with Crippen molar-refractivity contribution in [2.24, 2.45) is 0 Å². The van der Waals surface area contributed by atoms with Crippen LogP contribution in [-0.4, -0.2) is 5.11 Å². The van der Waals surface area contributed by atoms with E-state index < -0.39 is 0 Å². The average Bonchev–Trinajstić information content (AvgIpc) is 3.00. The van der Waals surface area contributed by atoms with Crippen LogP contribution in [0, 0.1) is 6.92 Å². The quantitative estimate of drug-likeness (QED) is 0.598. The van der Waals surface area contributed by atoms with E-state index in [1.807, 2.05) is 25.1 Å². The molecule has 3 rings (SSSR count). The summed E-state index contributed by atoms with van der Waals surface area (Å²) in [7, 11) is 0. The van der Waals surface area contributed by atoms with Crippen LogP contribution < -0.4 is 0 Å². The number of phenols is 1. The molecule has 0 amide bonds. The van der Waals surface area contributed by atoms with Gasteiger partial charge in [-0.25, -0.2) is 0 Å². The van der Waals surface area contributed by atoms with Gasteiger partial charge in [-0.1, -0.05) is 66.8 Å². The van der Waals surface area contributed by atoms with Crippen LogP contribution in [-0.2, 0) is 0 Å². The first-order valence-corrected chi connectivity index (χ1v) is 8.18. The van der Waals surface area contributed by atoms with Crippen LogP contribution in [0.1, 0.15) is 44.1 Å². The summed E-state index contributed by atoms with van der Waals surface area (Å²) in [5.41, 5.74) is 0.924. The van der Waals surface area contributed by atoms with Crippen molar-refractivity contribution < 1.29 is 5.11 Å². The van der Waals surface area contributed by atoms with E-state index in [2.05, 4.69) is 48.6 Å². The van der Waals surface area contributed by atoms with Crippen LogP contribution in [0.25, 0.3) is 0 Å². The lowest BCUT2D eigenvalue weighted by Gasteiger charge is -1.92. The van der Waals surface area contributed by atoms with Gasteiger partial charge in [0.05, 0.1) is 0 Å². The van der Waals surface area contributed by atoms with Gasteiger partial charge in [0.2, 0.25) is 0 Å². The number of aromatic hydroxyl groups is 1. The number of para-hydroxylation sites is 1. The van der Waals surface area contributed by atoms with Crippen molar-refractivity contribution in [3.05, 3.63) is 78.4 Å². The molecule has 0 saturated heterocycles. The third-order valence-electron chi connectivity index (χ3n) is 3.37. The molecular weight excluding hydrogens is 268 g/mol. The molecule has 0 heterocycles. The Bertz CT molecular complexity index is 435. The van der Waals surface area contributed by atoms with Crippen molar-refractivity contribution in [1.29, 1.82) is 0 Å². The number of hydrogen-bond acceptors (Lipinski definition) is 1. The summed E-state index contributed by atoms with van der Waals surface area (Å²) >= 11 is 0. The van der Waals surface area contributed by atoms with Gasteiger partial charge in [0.25, 0.3) is 0 Å². The highest BCUT2D eigenvalue weighted by Gasteiger charge is 1.87. The molecule has 1 heteroatoms. The van der Waals surface area contributed by atoms with Crippen molar-refractivity contribution in [2.75, 3.05) is 0 Å². The third-order valence-corrected chi connectivity index (χ3v) is 3.37. The molecule has 2 aliphatic rings. The number of rotatable bonds is 0. The van der Waals surface area contributed by atoms with Gasteiger partial charge in [0.1, 0.15) is 5.75 Å². The Morgan fingerprint density at radius 1 is 0.682 bits per heavy atom.